The van der Waals surface area contributed by atoms with Crippen LogP contribution in [-0.2, 0) is 0 Å². The average Bonchev–Trinajstić information content (AvgIpc) is 2.58. The molecule has 1 atom stereocenters. The normalized spacial score (nSPS) is 12.2. The Morgan fingerprint density at radius 1 is 0.731 bits per heavy atom. The molecule has 3 aromatic carbocycles. The van der Waals surface area contributed by atoms with E-state index in [1.165, 1.54) is 22.3 Å². The van der Waals surface area contributed by atoms with Gasteiger partial charge in [0.2, 0.25) is 0 Å². The molecular formula is C24H27NO. The summed E-state index contributed by atoms with van der Waals surface area (Å²) in [6.07, 6.45) is 0. The lowest BCUT2D eigenvalue weighted by Crippen LogP contribution is -2.17. The highest BCUT2D eigenvalue weighted by Gasteiger charge is 2.18. The molecule has 0 bridgehead atoms. The molecule has 3 N–H and O–H groups in total. The van der Waals surface area contributed by atoms with Crippen LogP contribution >= 0.6 is 0 Å². The van der Waals surface area contributed by atoms with E-state index in [2.05, 4.69) is 82.3 Å². The number of hydrogen-bond donors (Lipinski definition) is 2. The number of nitrogens with two attached hydrogens (primary N) is 1. The summed E-state index contributed by atoms with van der Waals surface area (Å²) >= 11 is 0. The molecule has 0 aromatic heterocycles. The van der Waals surface area contributed by atoms with E-state index in [1.807, 2.05) is 0 Å². The Hall–Kier alpha value is -2.42. The van der Waals surface area contributed by atoms with Crippen molar-refractivity contribution >= 4 is 0 Å². The fourth-order valence-corrected chi connectivity index (χ4v) is 3.82. The van der Waals surface area contributed by atoms with Crippen LogP contribution < -0.4 is 5.73 Å². The van der Waals surface area contributed by atoms with E-state index >= 15 is 0 Å². The van der Waals surface area contributed by atoms with Crippen molar-refractivity contribution in [3.63, 3.8) is 0 Å². The van der Waals surface area contributed by atoms with Gasteiger partial charge >= 0.3 is 0 Å². The minimum atomic E-state index is -0.428. The van der Waals surface area contributed by atoms with Crippen LogP contribution in [0.15, 0.2) is 54.6 Å². The Balaban J connectivity index is 2.29. The van der Waals surface area contributed by atoms with E-state index in [-0.39, 0.29) is 6.61 Å². The van der Waals surface area contributed by atoms with Gasteiger partial charge in [-0.2, -0.15) is 0 Å². The first-order valence-corrected chi connectivity index (χ1v) is 9.05. The molecule has 0 radical (unpaired) electrons. The minimum Gasteiger partial charge on any atom is -0.394 e. The van der Waals surface area contributed by atoms with E-state index in [9.17, 15) is 5.11 Å². The maximum Gasteiger partial charge on any atom is 0.0624 e. The highest BCUT2D eigenvalue weighted by atomic mass is 16.3. The van der Waals surface area contributed by atoms with Gasteiger partial charge in [-0.25, -0.2) is 0 Å². The third-order valence-corrected chi connectivity index (χ3v) is 4.74. The van der Waals surface area contributed by atoms with Crippen molar-refractivity contribution in [3.8, 4) is 22.3 Å². The maximum atomic E-state index is 9.82. The summed E-state index contributed by atoms with van der Waals surface area (Å²) in [5.74, 6) is 0. The zero-order valence-electron chi connectivity index (χ0n) is 16.0. The van der Waals surface area contributed by atoms with Crippen molar-refractivity contribution in [1.82, 2.24) is 0 Å². The van der Waals surface area contributed by atoms with Gasteiger partial charge in [-0.1, -0.05) is 76.9 Å². The van der Waals surface area contributed by atoms with Gasteiger partial charge < -0.3 is 10.8 Å². The molecule has 2 heteroatoms. The van der Waals surface area contributed by atoms with E-state index in [0.717, 1.165) is 27.8 Å². The Kier molecular flexibility index (Phi) is 5.26. The second kappa shape index (κ2) is 7.45. The monoisotopic (exact) mass is 345 g/mol. The lowest BCUT2D eigenvalue weighted by atomic mass is 9.86. The summed E-state index contributed by atoms with van der Waals surface area (Å²) in [6.45, 7) is 8.34. The molecule has 134 valence electrons. The predicted octanol–water partition coefficient (Wildman–Crippen LogP) is 5.25. The Labute approximate surface area is 156 Å². The molecule has 3 rings (SSSR count). The molecule has 1 unspecified atom stereocenters. The molecule has 0 heterocycles. The Morgan fingerprint density at radius 3 is 1.46 bits per heavy atom. The summed E-state index contributed by atoms with van der Waals surface area (Å²) in [5, 5.41) is 9.82. The van der Waals surface area contributed by atoms with E-state index < -0.39 is 6.04 Å². The number of aliphatic hydroxyl groups excluding tert-OH is 1. The highest BCUT2D eigenvalue weighted by Crippen LogP contribution is 2.37. The van der Waals surface area contributed by atoms with Crippen LogP contribution in [0.3, 0.4) is 0 Å². The zero-order valence-corrected chi connectivity index (χ0v) is 16.0. The Bertz CT molecular complexity index is 833. The molecular weight excluding hydrogens is 318 g/mol. The summed E-state index contributed by atoms with van der Waals surface area (Å²) in [5.41, 5.74) is 16.7. The quantitative estimate of drug-likeness (QED) is 0.679. The summed E-state index contributed by atoms with van der Waals surface area (Å²) in [6, 6.07) is 18.9. The lowest BCUT2D eigenvalue weighted by molar-refractivity contribution is 0.268. The van der Waals surface area contributed by atoms with E-state index in [4.69, 9.17) is 5.73 Å². The summed E-state index contributed by atoms with van der Waals surface area (Å²) in [7, 11) is 0. The molecule has 0 spiro atoms. The SMILES string of the molecule is Cc1cc(C)cc(-c2cccc(-c3cc(C)cc(C)c3)c2C(N)CO)c1. The third-order valence-electron chi connectivity index (χ3n) is 4.74. The largest absolute Gasteiger partial charge is 0.394 e. The number of benzene rings is 3. The molecule has 0 fully saturated rings. The summed E-state index contributed by atoms with van der Waals surface area (Å²) < 4.78 is 0. The van der Waals surface area contributed by atoms with Crippen LogP contribution in [0.1, 0.15) is 33.9 Å². The van der Waals surface area contributed by atoms with Gasteiger partial charge in [0.25, 0.3) is 0 Å². The number of aliphatic hydroxyl groups is 1. The minimum absolute atomic E-state index is 0.0837. The fraction of sp³-hybridized carbons (Fsp3) is 0.250. The third kappa shape index (κ3) is 3.72. The van der Waals surface area contributed by atoms with Crippen LogP contribution in [0.4, 0.5) is 0 Å². The average molecular weight is 345 g/mol. The fourth-order valence-electron chi connectivity index (χ4n) is 3.82. The first-order valence-electron chi connectivity index (χ1n) is 9.05. The topological polar surface area (TPSA) is 46.2 Å². The predicted molar refractivity (Wildman–Crippen MR) is 110 cm³/mol. The maximum absolute atomic E-state index is 9.82. The van der Waals surface area contributed by atoms with Gasteiger partial charge in [0.15, 0.2) is 0 Å². The molecule has 0 aliphatic carbocycles. The zero-order chi connectivity index (χ0) is 18.8. The smallest absolute Gasteiger partial charge is 0.0624 e. The Morgan fingerprint density at radius 2 is 1.12 bits per heavy atom. The molecule has 0 aliphatic rings. The second-order valence-corrected chi connectivity index (χ2v) is 7.31. The molecule has 3 aromatic rings. The van der Waals surface area contributed by atoms with Crippen LogP contribution in [0, 0.1) is 27.7 Å². The van der Waals surface area contributed by atoms with Crippen molar-refractivity contribution in [2.24, 2.45) is 5.73 Å². The molecule has 0 saturated carbocycles. The van der Waals surface area contributed by atoms with Crippen molar-refractivity contribution < 1.29 is 5.11 Å². The van der Waals surface area contributed by atoms with Crippen LogP contribution in [-0.4, -0.2) is 11.7 Å². The second-order valence-electron chi connectivity index (χ2n) is 7.31. The standard InChI is InChI=1S/C24H27NO/c1-15-8-16(2)11-19(10-15)21-6-5-7-22(24(21)23(25)14-26)20-12-17(3)9-18(4)13-20/h5-13,23,26H,14,25H2,1-4H3. The van der Waals surface area contributed by atoms with Crippen LogP contribution in [0.5, 0.6) is 0 Å². The summed E-state index contributed by atoms with van der Waals surface area (Å²) in [4.78, 5) is 0. The van der Waals surface area contributed by atoms with Gasteiger partial charge in [-0.15, -0.1) is 0 Å². The first-order chi connectivity index (χ1) is 12.4. The molecule has 0 saturated heterocycles. The van der Waals surface area contributed by atoms with E-state index in [1.54, 1.807) is 0 Å². The molecule has 0 amide bonds. The molecule has 26 heavy (non-hydrogen) atoms. The van der Waals surface area contributed by atoms with Crippen LogP contribution in [0.25, 0.3) is 22.3 Å². The van der Waals surface area contributed by atoms with Crippen molar-refractivity contribution in [2.75, 3.05) is 6.61 Å². The van der Waals surface area contributed by atoms with Crippen molar-refractivity contribution in [2.45, 2.75) is 33.7 Å². The lowest BCUT2D eigenvalue weighted by Gasteiger charge is -2.21. The van der Waals surface area contributed by atoms with Gasteiger partial charge in [-0.3, -0.25) is 0 Å². The highest BCUT2D eigenvalue weighted by molar-refractivity contribution is 5.80. The van der Waals surface area contributed by atoms with E-state index in [0.29, 0.717) is 0 Å². The van der Waals surface area contributed by atoms with Gasteiger partial charge in [-0.05, 0) is 55.5 Å². The number of hydrogen-bond acceptors (Lipinski definition) is 2. The first kappa shape index (κ1) is 18.4. The van der Waals surface area contributed by atoms with Gasteiger partial charge in [0, 0.05) is 0 Å². The number of aryl methyl sites for hydroxylation is 4. The van der Waals surface area contributed by atoms with Gasteiger partial charge in [0.1, 0.15) is 0 Å². The van der Waals surface area contributed by atoms with Crippen molar-refractivity contribution in [3.05, 3.63) is 82.4 Å². The molecule has 2 nitrogen and oxygen atoms in total. The molecule has 0 aliphatic heterocycles. The number of rotatable bonds is 4. The van der Waals surface area contributed by atoms with Crippen LogP contribution in [0.2, 0.25) is 0 Å². The van der Waals surface area contributed by atoms with Gasteiger partial charge in [0.05, 0.1) is 12.6 Å². The van der Waals surface area contributed by atoms with Crippen molar-refractivity contribution in [1.29, 1.82) is 0 Å².